The number of fused-ring (bicyclic) bond motifs is 2. The molecular formula is C26H42O8. The number of hydrogen-bond donors (Lipinski definition) is 1. The first-order valence-electron chi connectivity index (χ1n) is 12.6. The summed E-state index contributed by atoms with van der Waals surface area (Å²) in [5, 5.41) is 9.81. The highest BCUT2D eigenvalue weighted by molar-refractivity contribution is 5.67. The number of ether oxygens (including phenoxy) is 4. The fourth-order valence-electron chi connectivity index (χ4n) is 7.54. The third-order valence-corrected chi connectivity index (χ3v) is 9.23. The van der Waals surface area contributed by atoms with Gasteiger partial charge in [0.15, 0.2) is 0 Å². The van der Waals surface area contributed by atoms with Crippen molar-refractivity contribution in [1.29, 1.82) is 0 Å². The van der Waals surface area contributed by atoms with Gasteiger partial charge in [0.1, 0.15) is 24.9 Å². The van der Waals surface area contributed by atoms with E-state index in [1.54, 1.807) is 0 Å². The summed E-state index contributed by atoms with van der Waals surface area (Å²) in [5.74, 6) is -0.697. The summed E-state index contributed by atoms with van der Waals surface area (Å²) >= 11 is 0. The van der Waals surface area contributed by atoms with Gasteiger partial charge in [-0.3, -0.25) is 14.4 Å². The number of hydrogen-bond acceptors (Lipinski definition) is 8. The molecule has 0 radical (unpaired) electrons. The molecule has 194 valence electrons. The highest BCUT2D eigenvalue weighted by Gasteiger charge is 2.69. The van der Waals surface area contributed by atoms with Crippen LogP contribution in [0.2, 0.25) is 0 Å². The molecule has 0 aromatic carbocycles. The van der Waals surface area contributed by atoms with Crippen LogP contribution >= 0.6 is 0 Å². The average Bonchev–Trinajstić information content (AvgIpc) is 3.13. The van der Waals surface area contributed by atoms with Crippen LogP contribution in [-0.2, 0) is 33.3 Å². The minimum Gasteiger partial charge on any atom is -0.465 e. The van der Waals surface area contributed by atoms with Gasteiger partial charge in [-0.25, -0.2) is 0 Å². The fraction of sp³-hybridized carbons (Fsp3) is 0.885. The molecule has 1 aliphatic heterocycles. The summed E-state index contributed by atoms with van der Waals surface area (Å²) in [6.07, 6.45) is 4.83. The van der Waals surface area contributed by atoms with Gasteiger partial charge in [0.05, 0.1) is 5.60 Å². The molecule has 2 aliphatic carbocycles. The van der Waals surface area contributed by atoms with Crippen molar-refractivity contribution in [3.05, 3.63) is 0 Å². The topological polar surface area (TPSA) is 108 Å². The quantitative estimate of drug-likeness (QED) is 0.433. The Morgan fingerprint density at radius 3 is 2.15 bits per heavy atom. The molecular weight excluding hydrogens is 440 g/mol. The first-order valence-corrected chi connectivity index (χ1v) is 12.6. The molecule has 2 saturated carbocycles. The van der Waals surface area contributed by atoms with E-state index in [9.17, 15) is 19.5 Å². The maximum absolute atomic E-state index is 11.9. The molecule has 1 saturated heterocycles. The molecule has 0 amide bonds. The summed E-state index contributed by atoms with van der Waals surface area (Å²) < 4.78 is 23.8. The van der Waals surface area contributed by atoms with Crippen molar-refractivity contribution in [1.82, 2.24) is 0 Å². The molecule has 3 rings (SSSR count). The highest BCUT2D eigenvalue weighted by Crippen LogP contribution is 2.68. The molecule has 7 unspecified atom stereocenters. The molecule has 0 bridgehead atoms. The number of aliphatic hydroxyl groups excluding tert-OH is 1. The zero-order valence-electron chi connectivity index (χ0n) is 21.6. The Kier molecular flexibility index (Phi) is 7.73. The summed E-state index contributed by atoms with van der Waals surface area (Å²) in [6.45, 7) is 11.0. The van der Waals surface area contributed by atoms with Gasteiger partial charge in [-0.05, 0) is 50.4 Å². The van der Waals surface area contributed by atoms with Crippen LogP contribution < -0.4 is 0 Å². The smallest absolute Gasteiger partial charge is 0.302 e. The molecule has 8 nitrogen and oxygen atoms in total. The van der Waals surface area contributed by atoms with Crippen LogP contribution in [0, 0.1) is 22.7 Å². The lowest BCUT2D eigenvalue weighted by atomic mass is 9.43. The number of carbonyl (C=O) groups is 3. The zero-order chi connectivity index (χ0) is 25.4. The Balaban J connectivity index is 2.01. The average molecular weight is 483 g/mol. The Morgan fingerprint density at radius 1 is 0.912 bits per heavy atom. The molecule has 1 N–H and O–H groups in total. The van der Waals surface area contributed by atoms with E-state index in [1.807, 2.05) is 0 Å². The zero-order valence-corrected chi connectivity index (χ0v) is 21.6. The SMILES string of the molecule is CC(=O)OCC1(CCO)CCC2(O1)C(C)CCC1C(C)(COC(C)=O)C(OC(C)=O)CCC12C. The second-order valence-electron chi connectivity index (χ2n) is 11.3. The normalized spacial score (nSPS) is 41.6. The Morgan fingerprint density at radius 2 is 1.56 bits per heavy atom. The Labute approximate surface area is 203 Å². The summed E-state index contributed by atoms with van der Waals surface area (Å²) in [5.41, 5.74) is -2.04. The second kappa shape index (κ2) is 9.76. The van der Waals surface area contributed by atoms with E-state index in [-0.39, 0.29) is 61.1 Å². The van der Waals surface area contributed by atoms with Crippen LogP contribution in [0.5, 0.6) is 0 Å². The van der Waals surface area contributed by atoms with Crippen LogP contribution in [0.1, 0.15) is 86.5 Å². The molecule has 0 aromatic heterocycles. The molecule has 1 spiro atoms. The lowest BCUT2D eigenvalue weighted by Gasteiger charge is -2.65. The third-order valence-electron chi connectivity index (χ3n) is 9.23. The predicted molar refractivity (Wildman–Crippen MR) is 124 cm³/mol. The highest BCUT2D eigenvalue weighted by atomic mass is 16.6. The molecule has 3 aliphatic rings. The van der Waals surface area contributed by atoms with E-state index in [2.05, 4.69) is 20.8 Å². The summed E-state index contributed by atoms with van der Waals surface area (Å²) in [7, 11) is 0. The molecule has 7 atom stereocenters. The lowest BCUT2D eigenvalue weighted by molar-refractivity contribution is -0.275. The maximum Gasteiger partial charge on any atom is 0.302 e. The largest absolute Gasteiger partial charge is 0.465 e. The van der Waals surface area contributed by atoms with Gasteiger partial charge < -0.3 is 24.1 Å². The molecule has 3 fully saturated rings. The van der Waals surface area contributed by atoms with Crippen LogP contribution in [0.3, 0.4) is 0 Å². The van der Waals surface area contributed by atoms with Gasteiger partial charge in [0, 0.05) is 44.6 Å². The van der Waals surface area contributed by atoms with Gasteiger partial charge in [0.25, 0.3) is 0 Å². The van der Waals surface area contributed by atoms with Crippen molar-refractivity contribution >= 4 is 17.9 Å². The Hall–Kier alpha value is -1.67. The van der Waals surface area contributed by atoms with Crippen LogP contribution in [0.4, 0.5) is 0 Å². The number of rotatable bonds is 7. The lowest BCUT2D eigenvalue weighted by Crippen LogP contribution is -2.67. The number of carbonyl (C=O) groups excluding carboxylic acids is 3. The van der Waals surface area contributed by atoms with Crippen molar-refractivity contribution < 1.29 is 38.4 Å². The second-order valence-corrected chi connectivity index (χ2v) is 11.3. The maximum atomic E-state index is 11.9. The molecule has 8 heteroatoms. The van der Waals surface area contributed by atoms with Crippen molar-refractivity contribution in [2.45, 2.75) is 104 Å². The van der Waals surface area contributed by atoms with Gasteiger partial charge in [-0.1, -0.05) is 20.8 Å². The molecule has 1 heterocycles. The predicted octanol–water partition coefficient (Wildman–Crippen LogP) is 3.57. The van der Waals surface area contributed by atoms with Crippen LogP contribution in [0.15, 0.2) is 0 Å². The summed E-state index contributed by atoms with van der Waals surface area (Å²) in [4.78, 5) is 35.3. The van der Waals surface area contributed by atoms with E-state index < -0.39 is 16.6 Å². The first kappa shape index (κ1) is 26.9. The van der Waals surface area contributed by atoms with E-state index >= 15 is 0 Å². The van der Waals surface area contributed by atoms with Crippen LogP contribution in [-0.4, -0.2) is 60.1 Å². The standard InChI is InChI=1S/C26H42O8/c1-17-7-8-21-23(5,15-31-18(2)28)22(33-20(4)30)9-10-24(21,6)26(17)12-11-25(34-26,13-14-27)16-32-19(3)29/h17,21-22,27H,7-16H2,1-6H3. The van der Waals surface area contributed by atoms with E-state index in [0.717, 1.165) is 25.7 Å². The van der Waals surface area contributed by atoms with Crippen molar-refractivity contribution in [2.24, 2.45) is 22.7 Å². The van der Waals surface area contributed by atoms with E-state index in [1.165, 1.54) is 20.8 Å². The van der Waals surface area contributed by atoms with Gasteiger partial charge in [-0.2, -0.15) is 0 Å². The minimum atomic E-state index is -0.724. The van der Waals surface area contributed by atoms with Gasteiger partial charge in [0.2, 0.25) is 0 Å². The van der Waals surface area contributed by atoms with Gasteiger partial charge in [-0.15, -0.1) is 0 Å². The van der Waals surface area contributed by atoms with E-state index in [4.69, 9.17) is 18.9 Å². The first-order chi connectivity index (χ1) is 15.8. The molecule has 0 aromatic rings. The summed E-state index contributed by atoms with van der Waals surface area (Å²) in [6, 6.07) is 0. The van der Waals surface area contributed by atoms with E-state index in [0.29, 0.717) is 19.3 Å². The third kappa shape index (κ3) is 4.60. The number of esters is 3. The Bertz CT molecular complexity index is 798. The monoisotopic (exact) mass is 482 g/mol. The minimum absolute atomic E-state index is 0.0510. The van der Waals surface area contributed by atoms with Crippen molar-refractivity contribution in [2.75, 3.05) is 19.8 Å². The van der Waals surface area contributed by atoms with Crippen molar-refractivity contribution in [3.63, 3.8) is 0 Å². The number of aliphatic hydroxyl groups is 1. The van der Waals surface area contributed by atoms with Gasteiger partial charge >= 0.3 is 17.9 Å². The fourth-order valence-corrected chi connectivity index (χ4v) is 7.54. The molecule has 34 heavy (non-hydrogen) atoms. The van der Waals surface area contributed by atoms with Crippen LogP contribution in [0.25, 0.3) is 0 Å². The van der Waals surface area contributed by atoms with Crippen molar-refractivity contribution in [3.8, 4) is 0 Å².